The number of methoxy groups -OCH3 is 1. The van der Waals surface area contributed by atoms with Gasteiger partial charge in [0.05, 0.1) is 16.1 Å². The zero-order chi connectivity index (χ0) is 14.5. The highest BCUT2D eigenvalue weighted by Gasteiger charge is 2.09. The molecule has 0 atom stereocenters. The van der Waals surface area contributed by atoms with E-state index >= 15 is 0 Å². The zero-order valence-corrected chi connectivity index (χ0v) is 14.2. The highest BCUT2D eigenvalue weighted by Crippen LogP contribution is 2.38. The molecule has 0 saturated heterocycles. The molecule has 0 spiro atoms. The van der Waals surface area contributed by atoms with Crippen LogP contribution in [0.5, 0.6) is 17.2 Å². The average molecular weight is 401 g/mol. The van der Waals surface area contributed by atoms with Gasteiger partial charge in [0.15, 0.2) is 0 Å². The van der Waals surface area contributed by atoms with Crippen LogP contribution >= 0.6 is 31.9 Å². The SMILES string of the molecule is COc1cc(Br)c(Oc2ccc(CCN)cc2)cc1Br. The third-order valence-corrected chi connectivity index (χ3v) is 4.03. The normalized spacial score (nSPS) is 10.4. The summed E-state index contributed by atoms with van der Waals surface area (Å²) < 4.78 is 12.8. The topological polar surface area (TPSA) is 44.5 Å². The molecule has 0 amide bonds. The number of ether oxygens (including phenoxy) is 2. The smallest absolute Gasteiger partial charge is 0.143 e. The number of hydrogen-bond acceptors (Lipinski definition) is 3. The van der Waals surface area contributed by atoms with Gasteiger partial charge in [-0.1, -0.05) is 12.1 Å². The number of rotatable bonds is 5. The predicted octanol–water partition coefficient (Wildman–Crippen LogP) is 4.51. The Morgan fingerprint density at radius 1 is 1.00 bits per heavy atom. The summed E-state index contributed by atoms with van der Waals surface area (Å²) in [5.41, 5.74) is 6.74. The van der Waals surface area contributed by atoms with E-state index in [2.05, 4.69) is 31.9 Å². The van der Waals surface area contributed by atoms with Crippen LogP contribution in [0.3, 0.4) is 0 Å². The Balaban J connectivity index is 2.19. The van der Waals surface area contributed by atoms with Crippen molar-refractivity contribution in [2.75, 3.05) is 13.7 Å². The molecule has 0 aromatic heterocycles. The summed E-state index contributed by atoms with van der Waals surface area (Å²) in [7, 11) is 1.63. The summed E-state index contributed by atoms with van der Waals surface area (Å²) in [6, 6.07) is 11.7. The van der Waals surface area contributed by atoms with Gasteiger partial charge in [-0.05, 0) is 74.7 Å². The molecule has 106 valence electrons. The van der Waals surface area contributed by atoms with Gasteiger partial charge in [-0.2, -0.15) is 0 Å². The first-order chi connectivity index (χ1) is 9.63. The molecule has 0 unspecified atom stereocenters. The minimum atomic E-state index is 0.650. The minimum absolute atomic E-state index is 0.650. The molecule has 2 aromatic carbocycles. The Morgan fingerprint density at radius 3 is 2.20 bits per heavy atom. The zero-order valence-electron chi connectivity index (χ0n) is 11.0. The van der Waals surface area contributed by atoms with Crippen molar-refractivity contribution in [2.45, 2.75) is 6.42 Å². The van der Waals surface area contributed by atoms with E-state index in [0.717, 1.165) is 32.6 Å². The third-order valence-electron chi connectivity index (χ3n) is 2.79. The van der Waals surface area contributed by atoms with Crippen molar-refractivity contribution in [1.29, 1.82) is 0 Å². The molecule has 0 fully saturated rings. The van der Waals surface area contributed by atoms with Gasteiger partial charge in [0.2, 0.25) is 0 Å². The van der Waals surface area contributed by atoms with Crippen LogP contribution in [0.25, 0.3) is 0 Å². The highest BCUT2D eigenvalue weighted by molar-refractivity contribution is 9.11. The maximum atomic E-state index is 5.86. The molecule has 0 aliphatic carbocycles. The fraction of sp³-hybridized carbons (Fsp3) is 0.200. The van der Waals surface area contributed by atoms with Gasteiger partial charge in [0.25, 0.3) is 0 Å². The van der Waals surface area contributed by atoms with Crippen LogP contribution in [-0.4, -0.2) is 13.7 Å². The fourth-order valence-electron chi connectivity index (χ4n) is 1.76. The lowest BCUT2D eigenvalue weighted by atomic mass is 10.1. The minimum Gasteiger partial charge on any atom is -0.496 e. The molecule has 2 aromatic rings. The van der Waals surface area contributed by atoms with E-state index in [9.17, 15) is 0 Å². The summed E-state index contributed by atoms with van der Waals surface area (Å²) in [5, 5.41) is 0. The predicted molar refractivity (Wildman–Crippen MR) is 87.7 cm³/mol. The molecule has 0 radical (unpaired) electrons. The Labute approximate surface area is 135 Å². The Bertz CT molecular complexity index is 585. The molecular weight excluding hydrogens is 386 g/mol. The van der Waals surface area contributed by atoms with E-state index in [4.69, 9.17) is 15.2 Å². The fourth-order valence-corrected chi connectivity index (χ4v) is 2.65. The van der Waals surface area contributed by atoms with E-state index in [0.29, 0.717) is 6.54 Å². The molecule has 5 heteroatoms. The Kier molecular flexibility index (Phi) is 5.46. The van der Waals surface area contributed by atoms with Crippen LogP contribution in [-0.2, 0) is 6.42 Å². The molecule has 0 saturated carbocycles. The van der Waals surface area contributed by atoms with Gasteiger partial charge in [0, 0.05) is 0 Å². The second-order valence-electron chi connectivity index (χ2n) is 4.20. The summed E-state index contributed by atoms with van der Waals surface area (Å²) in [6.07, 6.45) is 0.873. The number of hydrogen-bond donors (Lipinski definition) is 1. The lowest BCUT2D eigenvalue weighted by molar-refractivity contribution is 0.409. The van der Waals surface area contributed by atoms with Crippen LogP contribution < -0.4 is 15.2 Å². The first-order valence-electron chi connectivity index (χ1n) is 6.14. The summed E-state index contributed by atoms with van der Waals surface area (Å²) in [5.74, 6) is 2.26. The van der Waals surface area contributed by atoms with Crippen molar-refractivity contribution in [3.05, 3.63) is 50.9 Å². The molecule has 2 N–H and O–H groups in total. The van der Waals surface area contributed by atoms with Crippen LogP contribution in [0.15, 0.2) is 45.3 Å². The summed E-state index contributed by atoms with van der Waals surface area (Å²) >= 11 is 6.92. The molecule has 0 aliphatic rings. The van der Waals surface area contributed by atoms with E-state index in [-0.39, 0.29) is 0 Å². The van der Waals surface area contributed by atoms with Crippen LogP contribution in [0.1, 0.15) is 5.56 Å². The van der Waals surface area contributed by atoms with Crippen LogP contribution in [0, 0.1) is 0 Å². The highest BCUT2D eigenvalue weighted by atomic mass is 79.9. The number of nitrogens with two attached hydrogens (primary N) is 1. The Hall–Kier alpha value is -1.04. The lowest BCUT2D eigenvalue weighted by Crippen LogP contribution is -2.02. The van der Waals surface area contributed by atoms with Gasteiger partial charge in [0.1, 0.15) is 17.2 Å². The quantitative estimate of drug-likeness (QED) is 0.802. The largest absolute Gasteiger partial charge is 0.496 e. The van der Waals surface area contributed by atoms with Crippen LogP contribution in [0.4, 0.5) is 0 Å². The van der Waals surface area contributed by atoms with Crippen molar-refractivity contribution < 1.29 is 9.47 Å². The molecule has 2 rings (SSSR count). The second kappa shape index (κ2) is 7.11. The molecule has 20 heavy (non-hydrogen) atoms. The van der Waals surface area contributed by atoms with Gasteiger partial charge in [-0.15, -0.1) is 0 Å². The molecule has 0 bridgehead atoms. The number of benzene rings is 2. The summed E-state index contributed by atoms with van der Waals surface area (Å²) in [6.45, 7) is 0.650. The molecule has 3 nitrogen and oxygen atoms in total. The van der Waals surface area contributed by atoms with Crippen molar-refractivity contribution in [3.8, 4) is 17.2 Å². The van der Waals surface area contributed by atoms with Crippen molar-refractivity contribution in [3.63, 3.8) is 0 Å². The van der Waals surface area contributed by atoms with Crippen molar-refractivity contribution in [1.82, 2.24) is 0 Å². The van der Waals surface area contributed by atoms with E-state index in [1.54, 1.807) is 7.11 Å². The molecule has 0 aliphatic heterocycles. The molecule has 0 heterocycles. The Morgan fingerprint density at radius 2 is 1.60 bits per heavy atom. The first kappa shape index (κ1) is 15.4. The lowest BCUT2D eigenvalue weighted by Gasteiger charge is -2.11. The first-order valence-corrected chi connectivity index (χ1v) is 7.72. The van der Waals surface area contributed by atoms with Crippen molar-refractivity contribution in [2.24, 2.45) is 5.73 Å². The standard InChI is InChI=1S/C15H15Br2NO2/c1-19-14-8-13(17)15(9-12(14)16)20-11-4-2-10(3-5-11)6-7-18/h2-5,8-9H,6-7,18H2,1H3. The van der Waals surface area contributed by atoms with Gasteiger partial charge >= 0.3 is 0 Å². The van der Waals surface area contributed by atoms with Crippen molar-refractivity contribution >= 4 is 31.9 Å². The van der Waals surface area contributed by atoms with E-state index in [1.807, 2.05) is 36.4 Å². The number of halogens is 2. The molecular formula is C15H15Br2NO2. The van der Waals surface area contributed by atoms with Gasteiger partial charge in [-0.25, -0.2) is 0 Å². The van der Waals surface area contributed by atoms with E-state index in [1.165, 1.54) is 5.56 Å². The van der Waals surface area contributed by atoms with Gasteiger partial charge < -0.3 is 15.2 Å². The van der Waals surface area contributed by atoms with Crippen LogP contribution in [0.2, 0.25) is 0 Å². The maximum Gasteiger partial charge on any atom is 0.143 e. The maximum absolute atomic E-state index is 5.86. The third kappa shape index (κ3) is 3.75. The summed E-state index contributed by atoms with van der Waals surface area (Å²) in [4.78, 5) is 0. The average Bonchev–Trinajstić information content (AvgIpc) is 2.45. The second-order valence-corrected chi connectivity index (χ2v) is 5.91. The van der Waals surface area contributed by atoms with Gasteiger partial charge in [-0.3, -0.25) is 0 Å². The van der Waals surface area contributed by atoms with E-state index < -0.39 is 0 Å². The monoisotopic (exact) mass is 399 g/mol.